The highest BCUT2D eigenvalue weighted by molar-refractivity contribution is 14.0. The number of carbonyl (C=O) groups is 1. The molecule has 1 amide bonds. The topological polar surface area (TPSA) is 68.8 Å². The molecule has 2 heterocycles. The third-order valence-corrected chi connectivity index (χ3v) is 5.55. The third-order valence-electron chi connectivity index (χ3n) is 4.68. The van der Waals surface area contributed by atoms with Crippen LogP contribution in [0.2, 0.25) is 0 Å². The van der Waals surface area contributed by atoms with E-state index in [2.05, 4.69) is 20.9 Å². The highest BCUT2D eigenvalue weighted by Gasteiger charge is 2.27. The van der Waals surface area contributed by atoms with Crippen molar-refractivity contribution in [3.63, 3.8) is 0 Å². The maximum atomic E-state index is 14.0. The Labute approximate surface area is 196 Å². The van der Waals surface area contributed by atoms with Gasteiger partial charge in [0.1, 0.15) is 17.3 Å². The fourth-order valence-corrected chi connectivity index (χ4v) is 3.89. The summed E-state index contributed by atoms with van der Waals surface area (Å²) in [7, 11) is 1.68. The van der Waals surface area contributed by atoms with Crippen LogP contribution < -0.4 is 20.9 Å². The number of carbonyl (C=O) groups excluding carboxylic acids is 1. The zero-order valence-corrected chi connectivity index (χ0v) is 19.8. The molecule has 0 saturated carbocycles. The van der Waals surface area contributed by atoms with Crippen LogP contribution >= 0.6 is 35.3 Å². The number of nitrogens with one attached hydrogen (secondary N) is 3. The predicted molar refractivity (Wildman–Crippen MR) is 128 cm³/mol. The number of para-hydroxylation sites is 1. The first-order chi connectivity index (χ1) is 14.1. The van der Waals surface area contributed by atoms with Gasteiger partial charge in [-0.3, -0.25) is 9.79 Å². The van der Waals surface area contributed by atoms with E-state index in [1.807, 2.05) is 11.4 Å². The summed E-state index contributed by atoms with van der Waals surface area (Å²) in [4.78, 5) is 18.5. The van der Waals surface area contributed by atoms with Gasteiger partial charge in [0, 0.05) is 39.3 Å². The van der Waals surface area contributed by atoms with Gasteiger partial charge in [-0.05, 0) is 36.4 Å². The molecule has 1 atom stereocenters. The molecule has 1 aromatic heterocycles. The standard InChI is InChI=1S/C20H25F2N5OS.HI/c1-23-20(25-10-4-9-24-19(28)17-7-3-12-29-17)26-14-8-11-27(13-14)18-15(21)5-2-6-16(18)22;/h2-3,5-7,12,14H,4,8-11,13H2,1H3,(H,24,28)(H2,23,25,26);1H. The molecule has 164 valence electrons. The minimum Gasteiger partial charge on any atom is -0.365 e. The second kappa shape index (κ2) is 12.0. The number of hydrogen-bond acceptors (Lipinski definition) is 4. The lowest BCUT2D eigenvalue weighted by Gasteiger charge is -2.21. The van der Waals surface area contributed by atoms with Crippen LogP contribution in [-0.2, 0) is 0 Å². The van der Waals surface area contributed by atoms with E-state index >= 15 is 0 Å². The average Bonchev–Trinajstić information content (AvgIpc) is 3.39. The van der Waals surface area contributed by atoms with Crippen molar-refractivity contribution < 1.29 is 13.6 Å². The Morgan fingerprint density at radius 3 is 2.60 bits per heavy atom. The van der Waals surface area contributed by atoms with Crippen LogP contribution in [0, 0.1) is 11.6 Å². The molecule has 30 heavy (non-hydrogen) atoms. The quantitative estimate of drug-likeness (QED) is 0.215. The molecule has 3 N–H and O–H groups in total. The fourth-order valence-electron chi connectivity index (χ4n) is 3.25. The molecule has 0 aliphatic carbocycles. The van der Waals surface area contributed by atoms with Gasteiger partial charge in [-0.1, -0.05) is 12.1 Å². The molecular weight excluding hydrogens is 523 g/mol. The van der Waals surface area contributed by atoms with Crippen LogP contribution in [0.3, 0.4) is 0 Å². The number of aliphatic imine (C=N–C) groups is 1. The second-order valence-corrected chi connectivity index (χ2v) is 7.68. The molecule has 10 heteroatoms. The summed E-state index contributed by atoms with van der Waals surface area (Å²) in [5.41, 5.74) is 0.0289. The van der Waals surface area contributed by atoms with Gasteiger partial charge in [0.05, 0.1) is 4.88 Å². The van der Waals surface area contributed by atoms with Crippen molar-refractivity contribution in [3.05, 3.63) is 52.2 Å². The fraction of sp³-hybridized carbons (Fsp3) is 0.400. The Morgan fingerprint density at radius 2 is 1.93 bits per heavy atom. The monoisotopic (exact) mass is 549 g/mol. The molecule has 1 saturated heterocycles. The first-order valence-electron chi connectivity index (χ1n) is 9.56. The van der Waals surface area contributed by atoms with Crippen LogP contribution in [0.15, 0.2) is 40.7 Å². The smallest absolute Gasteiger partial charge is 0.261 e. The van der Waals surface area contributed by atoms with Crippen molar-refractivity contribution in [2.24, 2.45) is 4.99 Å². The maximum Gasteiger partial charge on any atom is 0.261 e. The SMILES string of the molecule is CN=C(NCCCNC(=O)c1cccs1)NC1CCN(c2c(F)cccc2F)C1.I. The molecule has 3 rings (SSSR count). The first-order valence-corrected chi connectivity index (χ1v) is 10.4. The second-order valence-electron chi connectivity index (χ2n) is 6.73. The maximum absolute atomic E-state index is 14.0. The summed E-state index contributed by atoms with van der Waals surface area (Å²) < 4.78 is 28.0. The molecule has 6 nitrogen and oxygen atoms in total. The molecule has 1 aromatic carbocycles. The number of nitrogens with zero attached hydrogens (tertiary/aromatic N) is 2. The molecule has 0 radical (unpaired) electrons. The van der Waals surface area contributed by atoms with E-state index in [4.69, 9.17) is 0 Å². The van der Waals surface area contributed by atoms with Crippen LogP contribution in [0.1, 0.15) is 22.5 Å². The molecule has 1 fully saturated rings. The summed E-state index contributed by atoms with van der Waals surface area (Å²) in [6.07, 6.45) is 1.50. The first kappa shape index (κ1) is 24.3. The third kappa shape index (κ3) is 6.53. The van der Waals surface area contributed by atoms with E-state index in [0.717, 1.165) is 12.8 Å². The number of hydrogen-bond donors (Lipinski definition) is 3. The Bertz CT molecular complexity index is 829. The number of amides is 1. The van der Waals surface area contributed by atoms with E-state index in [0.29, 0.717) is 37.0 Å². The largest absolute Gasteiger partial charge is 0.365 e. The highest BCUT2D eigenvalue weighted by atomic mass is 127. The van der Waals surface area contributed by atoms with Gasteiger partial charge in [-0.15, -0.1) is 35.3 Å². The molecule has 1 aliphatic heterocycles. The highest BCUT2D eigenvalue weighted by Crippen LogP contribution is 2.26. The van der Waals surface area contributed by atoms with E-state index < -0.39 is 11.6 Å². The number of thiophene rings is 1. The average molecular weight is 549 g/mol. The Kier molecular flexibility index (Phi) is 9.76. The van der Waals surface area contributed by atoms with Crippen molar-refractivity contribution in [1.29, 1.82) is 0 Å². The van der Waals surface area contributed by atoms with Gasteiger partial charge in [0.2, 0.25) is 0 Å². The van der Waals surface area contributed by atoms with E-state index in [-0.39, 0.29) is 41.6 Å². The summed E-state index contributed by atoms with van der Waals surface area (Å²) in [5, 5.41) is 11.2. The minimum atomic E-state index is -0.544. The van der Waals surface area contributed by atoms with Gasteiger partial charge in [-0.2, -0.15) is 0 Å². The minimum absolute atomic E-state index is 0. The lowest BCUT2D eigenvalue weighted by Crippen LogP contribution is -2.45. The van der Waals surface area contributed by atoms with Gasteiger partial charge in [0.25, 0.3) is 5.91 Å². The van der Waals surface area contributed by atoms with Crippen molar-refractivity contribution in [2.45, 2.75) is 18.9 Å². The zero-order chi connectivity index (χ0) is 20.6. The van der Waals surface area contributed by atoms with Crippen LogP contribution in [-0.4, -0.2) is 51.1 Å². The van der Waals surface area contributed by atoms with E-state index in [9.17, 15) is 13.6 Å². The molecular formula is C20H26F2IN5OS. The van der Waals surface area contributed by atoms with Crippen molar-refractivity contribution in [3.8, 4) is 0 Å². The zero-order valence-electron chi connectivity index (χ0n) is 16.7. The van der Waals surface area contributed by atoms with Crippen LogP contribution in [0.5, 0.6) is 0 Å². The van der Waals surface area contributed by atoms with Crippen LogP contribution in [0.4, 0.5) is 14.5 Å². The Morgan fingerprint density at radius 1 is 1.20 bits per heavy atom. The lowest BCUT2D eigenvalue weighted by atomic mass is 10.2. The number of benzene rings is 1. The van der Waals surface area contributed by atoms with Gasteiger partial charge >= 0.3 is 0 Å². The number of anilines is 1. The van der Waals surface area contributed by atoms with Crippen molar-refractivity contribution in [1.82, 2.24) is 16.0 Å². The number of halogens is 3. The molecule has 2 aromatic rings. The molecule has 0 bridgehead atoms. The lowest BCUT2D eigenvalue weighted by molar-refractivity contribution is 0.0957. The van der Waals surface area contributed by atoms with E-state index in [1.165, 1.54) is 29.5 Å². The summed E-state index contributed by atoms with van der Waals surface area (Å²) in [5.74, 6) is -0.514. The van der Waals surface area contributed by atoms with Crippen molar-refractivity contribution >= 4 is 52.9 Å². The molecule has 1 aliphatic rings. The summed E-state index contributed by atoms with van der Waals surface area (Å²) in [6.45, 7) is 2.27. The molecule has 1 unspecified atom stereocenters. The summed E-state index contributed by atoms with van der Waals surface area (Å²) >= 11 is 1.41. The van der Waals surface area contributed by atoms with Crippen LogP contribution in [0.25, 0.3) is 0 Å². The normalized spacial score (nSPS) is 16.2. The van der Waals surface area contributed by atoms with E-state index in [1.54, 1.807) is 18.0 Å². The Balaban J connectivity index is 0.00000320. The van der Waals surface area contributed by atoms with Gasteiger partial charge < -0.3 is 20.9 Å². The van der Waals surface area contributed by atoms with Crippen molar-refractivity contribution in [2.75, 3.05) is 38.1 Å². The molecule has 0 spiro atoms. The predicted octanol–water partition coefficient (Wildman–Crippen LogP) is 3.21. The van der Waals surface area contributed by atoms with Gasteiger partial charge in [-0.25, -0.2) is 8.78 Å². The van der Waals surface area contributed by atoms with Gasteiger partial charge in [0.15, 0.2) is 5.96 Å². The Hall–Kier alpha value is -1.95. The number of rotatable bonds is 7. The summed E-state index contributed by atoms with van der Waals surface area (Å²) in [6, 6.07) is 7.60. The number of guanidine groups is 1.